The Morgan fingerprint density at radius 1 is 0.931 bits per heavy atom. The van der Waals surface area contributed by atoms with Crippen LogP contribution >= 0.6 is 11.6 Å². The van der Waals surface area contributed by atoms with Crippen molar-refractivity contribution in [3.05, 3.63) is 101 Å². The Kier molecular flexibility index (Phi) is 5.45. The van der Waals surface area contributed by atoms with E-state index in [4.69, 9.17) is 11.6 Å². The second kappa shape index (κ2) is 8.50. The Labute approximate surface area is 172 Å². The molecule has 0 atom stereocenters. The molecule has 3 aromatic carbocycles. The zero-order valence-corrected chi connectivity index (χ0v) is 16.0. The highest BCUT2D eigenvalue weighted by Gasteiger charge is 2.18. The van der Waals surface area contributed by atoms with Crippen LogP contribution in [-0.4, -0.2) is 26.9 Å². The quantitative estimate of drug-likeness (QED) is 0.399. The van der Waals surface area contributed by atoms with Crippen LogP contribution in [0.1, 0.15) is 16.2 Å². The topological polar surface area (TPSA) is 72.2 Å². The molecule has 0 spiro atoms. The van der Waals surface area contributed by atoms with Crippen molar-refractivity contribution in [3.8, 4) is 17.1 Å². The predicted octanol–water partition coefficient (Wildman–Crippen LogP) is 4.35. The summed E-state index contributed by atoms with van der Waals surface area (Å²) in [6.45, 7) is 0. The van der Waals surface area contributed by atoms with Crippen LogP contribution < -0.4 is 5.43 Å². The summed E-state index contributed by atoms with van der Waals surface area (Å²) in [5.41, 5.74) is 4.80. The minimum Gasteiger partial charge on any atom is -0.264 e. The highest BCUT2D eigenvalue weighted by atomic mass is 35.5. The van der Waals surface area contributed by atoms with Gasteiger partial charge in [-0.3, -0.25) is 4.79 Å². The zero-order valence-electron chi connectivity index (χ0n) is 15.2. The SMILES string of the molecule is O=C(N/N=C\c1ccccc1Cl)c1nc(-c2ccccc2)n(-c2ccccc2)n1. The molecular weight excluding hydrogens is 386 g/mol. The van der Waals surface area contributed by atoms with Crippen molar-refractivity contribution in [1.82, 2.24) is 20.2 Å². The van der Waals surface area contributed by atoms with Gasteiger partial charge in [0.2, 0.25) is 5.82 Å². The van der Waals surface area contributed by atoms with Gasteiger partial charge in [0.25, 0.3) is 0 Å². The third-order valence-corrected chi connectivity index (χ3v) is 4.46. The van der Waals surface area contributed by atoms with Crippen molar-refractivity contribution >= 4 is 23.7 Å². The molecule has 142 valence electrons. The lowest BCUT2D eigenvalue weighted by atomic mass is 10.2. The van der Waals surface area contributed by atoms with Gasteiger partial charge in [0.15, 0.2) is 5.82 Å². The molecule has 1 amide bonds. The monoisotopic (exact) mass is 401 g/mol. The molecule has 29 heavy (non-hydrogen) atoms. The molecule has 0 saturated heterocycles. The predicted molar refractivity (Wildman–Crippen MR) is 113 cm³/mol. The number of carbonyl (C=O) groups excluding carboxylic acids is 1. The molecule has 0 unspecified atom stereocenters. The Hall–Kier alpha value is -3.77. The van der Waals surface area contributed by atoms with Crippen LogP contribution in [0.3, 0.4) is 0 Å². The van der Waals surface area contributed by atoms with Crippen molar-refractivity contribution in [2.45, 2.75) is 0 Å². The van der Waals surface area contributed by atoms with Crippen molar-refractivity contribution in [2.24, 2.45) is 5.10 Å². The van der Waals surface area contributed by atoms with Gasteiger partial charge in [-0.2, -0.15) is 5.10 Å². The first-order valence-corrected chi connectivity index (χ1v) is 9.26. The summed E-state index contributed by atoms with van der Waals surface area (Å²) in [6, 6.07) is 26.3. The van der Waals surface area contributed by atoms with Crippen molar-refractivity contribution in [2.75, 3.05) is 0 Å². The molecule has 7 heteroatoms. The van der Waals surface area contributed by atoms with E-state index in [1.807, 2.05) is 72.8 Å². The van der Waals surface area contributed by atoms with Crippen LogP contribution in [0.25, 0.3) is 17.1 Å². The molecule has 0 radical (unpaired) electrons. The number of hydrogen-bond acceptors (Lipinski definition) is 4. The molecule has 0 saturated carbocycles. The number of para-hydroxylation sites is 1. The Balaban J connectivity index is 1.63. The van der Waals surface area contributed by atoms with E-state index in [9.17, 15) is 4.79 Å². The van der Waals surface area contributed by atoms with Gasteiger partial charge in [-0.05, 0) is 18.2 Å². The van der Waals surface area contributed by atoms with Crippen LogP contribution in [0.15, 0.2) is 90.0 Å². The number of carbonyl (C=O) groups is 1. The fraction of sp³-hybridized carbons (Fsp3) is 0. The van der Waals surface area contributed by atoms with Crippen LogP contribution in [0, 0.1) is 0 Å². The third kappa shape index (κ3) is 4.23. The summed E-state index contributed by atoms with van der Waals surface area (Å²) < 4.78 is 1.64. The molecular formula is C22H16ClN5O. The van der Waals surface area contributed by atoms with E-state index < -0.39 is 5.91 Å². The third-order valence-electron chi connectivity index (χ3n) is 4.12. The number of halogens is 1. The van der Waals surface area contributed by atoms with E-state index in [1.165, 1.54) is 6.21 Å². The molecule has 0 aliphatic heterocycles. The Morgan fingerprint density at radius 3 is 2.31 bits per heavy atom. The summed E-state index contributed by atoms with van der Waals surface area (Å²) in [6.07, 6.45) is 1.48. The van der Waals surface area contributed by atoms with Gasteiger partial charge >= 0.3 is 5.91 Å². The Morgan fingerprint density at radius 2 is 1.59 bits per heavy atom. The van der Waals surface area contributed by atoms with Gasteiger partial charge in [0, 0.05) is 16.1 Å². The lowest BCUT2D eigenvalue weighted by molar-refractivity contribution is 0.0945. The highest BCUT2D eigenvalue weighted by Crippen LogP contribution is 2.21. The number of hydrazone groups is 1. The molecule has 1 N–H and O–H groups in total. The first kappa shape index (κ1) is 18.6. The lowest BCUT2D eigenvalue weighted by Gasteiger charge is -2.05. The van der Waals surface area contributed by atoms with E-state index in [2.05, 4.69) is 20.6 Å². The van der Waals surface area contributed by atoms with Gasteiger partial charge in [0.05, 0.1) is 11.9 Å². The fourth-order valence-corrected chi connectivity index (χ4v) is 2.91. The standard InChI is InChI=1S/C22H16ClN5O/c23-19-14-8-7-11-17(19)15-24-26-22(29)20-25-21(16-9-3-1-4-10-16)28(27-20)18-12-5-2-6-13-18/h1-15H,(H,26,29)/b24-15-. The number of amides is 1. The van der Waals surface area contributed by atoms with Gasteiger partial charge in [0.1, 0.15) is 0 Å². The molecule has 0 aliphatic carbocycles. The maximum Gasteiger partial charge on any atom is 0.311 e. The van der Waals surface area contributed by atoms with Gasteiger partial charge in [-0.1, -0.05) is 78.3 Å². The van der Waals surface area contributed by atoms with Crippen molar-refractivity contribution < 1.29 is 4.79 Å². The Bertz CT molecular complexity index is 1100. The number of nitrogens with zero attached hydrogens (tertiary/aromatic N) is 4. The van der Waals surface area contributed by atoms with E-state index >= 15 is 0 Å². The maximum absolute atomic E-state index is 12.6. The maximum atomic E-state index is 12.6. The van der Waals surface area contributed by atoms with E-state index in [0.29, 0.717) is 16.4 Å². The number of hydrogen-bond donors (Lipinski definition) is 1. The number of rotatable bonds is 5. The van der Waals surface area contributed by atoms with Gasteiger partial charge in [-0.25, -0.2) is 15.1 Å². The summed E-state index contributed by atoms with van der Waals surface area (Å²) in [4.78, 5) is 17.0. The molecule has 4 rings (SSSR count). The van der Waals surface area contributed by atoms with Gasteiger partial charge in [-0.15, -0.1) is 5.10 Å². The van der Waals surface area contributed by atoms with Crippen LogP contribution in [0.4, 0.5) is 0 Å². The lowest BCUT2D eigenvalue weighted by Crippen LogP contribution is -2.19. The molecule has 0 aliphatic rings. The summed E-state index contributed by atoms with van der Waals surface area (Å²) in [7, 11) is 0. The largest absolute Gasteiger partial charge is 0.311 e. The molecule has 0 bridgehead atoms. The molecule has 4 aromatic rings. The van der Waals surface area contributed by atoms with E-state index in [1.54, 1.807) is 16.8 Å². The normalized spacial score (nSPS) is 10.9. The smallest absolute Gasteiger partial charge is 0.264 e. The average molecular weight is 402 g/mol. The minimum atomic E-state index is -0.514. The molecule has 1 aromatic heterocycles. The van der Waals surface area contributed by atoms with Crippen LogP contribution in [0.5, 0.6) is 0 Å². The second-order valence-corrected chi connectivity index (χ2v) is 6.50. The van der Waals surface area contributed by atoms with Gasteiger partial charge < -0.3 is 0 Å². The fourth-order valence-electron chi connectivity index (χ4n) is 2.72. The summed E-state index contributed by atoms with van der Waals surface area (Å²) in [5, 5.41) is 8.90. The van der Waals surface area contributed by atoms with E-state index in [-0.39, 0.29) is 5.82 Å². The van der Waals surface area contributed by atoms with E-state index in [0.717, 1.165) is 11.3 Å². The summed E-state index contributed by atoms with van der Waals surface area (Å²) >= 11 is 6.08. The number of aromatic nitrogens is 3. The van der Waals surface area contributed by atoms with Crippen LogP contribution in [0.2, 0.25) is 5.02 Å². The van der Waals surface area contributed by atoms with Crippen molar-refractivity contribution in [1.29, 1.82) is 0 Å². The first-order valence-electron chi connectivity index (χ1n) is 8.88. The average Bonchev–Trinajstić information content (AvgIpc) is 3.22. The summed E-state index contributed by atoms with van der Waals surface area (Å²) in [5.74, 6) is 0.0706. The molecule has 6 nitrogen and oxygen atoms in total. The number of nitrogens with one attached hydrogen (secondary N) is 1. The zero-order chi connectivity index (χ0) is 20.1. The van der Waals surface area contributed by atoms with Crippen molar-refractivity contribution in [3.63, 3.8) is 0 Å². The number of benzene rings is 3. The van der Waals surface area contributed by atoms with Crippen LogP contribution in [-0.2, 0) is 0 Å². The minimum absolute atomic E-state index is 0.0176. The molecule has 0 fully saturated rings. The first-order chi connectivity index (χ1) is 14.2. The second-order valence-electron chi connectivity index (χ2n) is 6.09. The highest BCUT2D eigenvalue weighted by molar-refractivity contribution is 6.33. The molecule has 1 heterocycles.